The number of nitrogens with one attached hydrogen (secondary N) is 2. The largest absolute Gasteiger partial charge is 0.481 e. The summed E-state index contributed by atoms with van der Waals surface area (Å²) in [5.41, 5.74) is 11.1. The Balaban J connectivity index is 1.74. The average Bonchev–Trinajstić information content (AvgIpc) is 3.59. The van der Waals surface area contributed by atoms with Gasteiger partial charge in [0.15, 0.2) is 0 Å². The highest BCUT2D eigenvalue weighted by Crippen LogP contribution is 2.30. The van der Waals surface area contributed by atoms with E-state index in [2.05, 4.69) is 26.5 Å². The predicted octanol–water partition coefficient (Wildman–Crippen LogP) is 4.86. The highest BCUT2D eigenvalue weighted by atomic mass is 16.4. The van der Waals surface area contributed by atoms with Gasteiger partial charge in [-0.15, -0.1) is 0 Å². The maximum Gasteiger partial charge on any atom is 0.303 e. The van der Waals surface area contributed by atoms with Crippen molar-refractivity contribution in [3.63, 3.8) is 0 Å². The molecule has 4 heterocycles. The average molecular weight is 587 g/mol. The van der Waals surface area contributed by atoms with Crippen molar-refractivity contribution in [2.75, 3.05) is 0 Å². The lowest BCUT2D eigenvalue weighted by atomic mass is 9.96. The molecule has 0 radical (unpaired) electrons. The fraction of sp³-hybridized carbons (Fsp3) is 0.394. The molecule has 4 rings (SSSR count). The number of allylic oxidation sites excluding steroid dienone is 3. The molecule has 0 unspecified atom stereocenters. The number of aliphatic carboxylic acids is 2. The zero-order valence-electron chi connectivity index (χ0n) is 25.4. The van der Waals surface area contributed by atoms with E-state index in [0.717, 1.165) is 50.6 Å². The second-order valence-corrected chi connectivity index (χ2v) is 11.1. The maximum absolute atomic E-state index is 12.4. The third-order valence-corrected chi connectivity index (χ3v) is 8.57. The van der Waals surface area contributed by atoms with E-state index in [0.29, 0.717) is 66.7 Å². The van der Waals surface area contributed by atoms with Crippen molar-refractivity contribution >= 4 is 35.2 Å². The lowest BCUT2D eigenvalue weighted by molar-refractivity contribution is -0.138. The van der Waals surface area contributed by atoms with Gasteiger partial charge in [0, 0.05) is 71.6 Å². The van der Waals surface area contributed by atoms with Gasteiger partial charge in [0.1, 0.15) is 0 Å². The van der Waals surface area contributed by atoms with E-state index in [1.54, 1.807) is 13.0 Å². The highest BCUT2D eigenvalue weighted by Gasteiger charge is 2.27. The van der Waals surface area contributed by atoms with Crippen LogP contribution in [0.15, 0.2) is 44.9 Å². The highest BCUT2D eigenvalue weighted by molar-refractivity contribution is 6.21. The molecule has 0 aromatic carbocycles. The van der Waals surface area contributed by atoms with Crippen molar-refractivity contribution < 1.29 is 29.4 Å². The fourth-order valence-corrected chi connectivity index (χ4v) is 6.03. The van der Waals surface area contributed by atoms with E-state index in [9.17, 15) is 29.4 Å². The summed E-state index contributed by atoms with van der Waals surface area (Å²) in [7, 11) is 0. The summed E-state index contributed by atoms with van der Waals surface area (Å²) in [6, 6.07) is 0. The van der Waals surface area contributed by atoms with Gasteiger partial charge < -0.3 is 20.2 Å². The van der Waals surface area contributed by atoms with Gasteiger partial charge in [0.2, 0.25) is 0 Å². The number of H-pyrrole nitrogens is 2. The number of carboxylic acid groups (broad SMARTS) is 2. The maximum atomic E-state index is 12.4. The van der Waals surface area contributed by atoms with Crippen molar-refractivity contribution in [1.29, 1.82) is 0 Å². The molecule has 0 bridgehead atoms. The number of hydrogen-bond donors (Lipinski definition) is 4. The minimum atomic E-state index is -0.909. The summed E-state index contributed by atoms with van der Waals surface area (Å²) in [5, 5.41) is 18.9. The first kappa shape index (κ1) is 31.3. The Hall–Kier alpha value is -4.60. The summed E-state index contributed by atoms with van der Waals surface area (Å²) < 4.78 is 0. The molecule has 0 aliphatic carbocycles. The number of carbonyl (C=O) groups excluding carboxylic acids is 2. The van der Waals surface area contributed by atoms with E-state index >= 15 is 0 Å². The van der Waals surface area contributed by atoms with Gasteiger partial charge in [-0.1, -0.05) is 19.6 Å². The number of rotatable bonds is 14. The number of amides is 2. The zero-order chi connectivity index (χ0) is 31.6. The summed E-state index contributed by atoms with van der Waals surface area (Å²) in [5.74, 6) is -2.31. The van der Waals surface area contributed by atoms with Crippen LogP contribution in [-0.4, -0.2) is 55.4 Å². The molecule has 0 saturated heterocycles. The minimum absolute atomic E-state index is 0.0474. The van der Waals surface area contributed by atoms with Gasteiger partial charge >= 0.3 is 11.9 Å². The number of aromatic amines is 2. The van der Waals surface area contributed by atoms with E-state index < -0.39 is 11.9 Å². The smallest absolute Gasteiger partial charge is 0.303 e. The number of nitrogens with zero attached hydrogens (tertiary/aromatic N) is 2. The Kier molecular flexibility index (Phi) is 9.27. The van der Waals surface area contributed by atoms with Crippen LogP contribution in [0.1, 0.15) is 85.1 Å². The number of aromatic nitrogens is 2. The molecular weight excluding hydrogens is 548 g/mol. The molecule has 2 aromatic heterocycles. The molecule has 43 heavy (non-hydrogen) atoms. The van der Waals surface area contributed by atoms with Crippen LogP contribution in [-0.2, 0) is 51.3 Å². The Morgan fingerprint density at radius 2 is 1.23 bits per heavy atom. The molecule has 2 aliphatic heterocycles. The van der Waals surface area contributed by atoms with Crippen LogP contribution in [0.5, 0.6) is 0 Å². The summed E-state index contributed by atoms with van der Waals surface area (Å²) in [6.45, 7) is 13.3. The van der Waals surface area contributed by atoms with Gasteiger partial charge in [-0.05, 0) is 74.8 Å². The normalized spacial score (nSPS) is 15.1. The third-order valence-electron chi connectivity index (χ3n) is 8.57. The SMILES string of the molecule is C=CC1=C(C)C(=O)N=C1Cc1[nH]c(Cc2[nH]c(CC3=NC(=O)C(CC)=C3C)c(C)c2CCC(=O)O)c(CCC(=O)O)c1C. The topological polar surface area (TPSA) is 165 Å². The molecule has 226 valence electrons. The number of carboxylic acids is 2. The molecular formula is C33H38N4O6. The van der Waals surface area contributed by atoms with Gasteiger partial charge in [0.25, 0.3) is 11.8 Å². The summed E-state index contributed by atoms with van der Waals surface area (Å²) >= 11 is 0. The van der Waals surface area contributed by atoms with Crippen LogP contribution in [0, 0.1) is 13.8 Å². The van der Waals surface area contributed by atoms with Gasteiger partial charge in [-0.2, -0.15) is 0 Å². The second-order valence-electron chi connectivity index (χ2n) is 11.1. The Labute approximate surface area is 250 Å². The first-order valence-electron chi connectivity index (χ1n) is 14.5. The third kappa shape index (κ3) is 6.43. The van der Waals surface area contributed by atoms with E-state index in [1.807, 2.05) is 27.7 Å². The van der Waals surface area contributed by atoms with Crippen molar-refractivity contribution in [2.45, 2.75) is 86.0 Å². The van der Waals surface area contributed by atoms with Gasteiger partial charge in [-0.25, -0.2) is 9.98 Å². The number of carbonyl (C=O) groups is 4. The minimum Gasteiger partial charge on any atom is -0.481 e. The second kappa shape index (κ2) is 12.7. The molecule has 4 N–H and O–H groups in total. The van der Waals surface area contributed by atoms with Crippen LogP contribution >= 0.6 is 0 Å². The first-order chi connectivity index (χ1) is 20.4. The molecule has 2 amide bonds. The molecule has 0 fully saturated rings. The lowest BCUT2D eigenvalue weighted by Crippen LogP contribution is -2.05. The van der Waals surface area contributed by atoms with E-state index in [1.165, 1.54) is 0 Å². The van der Waals surface area contributed by atoms with Crippen LogP contribution in [0.4, 0.5) is 0 Å². The number of aliphatic imine (C=N–C) groups is 2. The molecule has 2 aliphatic rings. The monoisotopic (exact) mass is 586 g/mol. The molecule has 2 aromatic rings. The molecule has 0 spiro atoms. The van der Waals surface area contributed by atoms with Crippen molar-refractivity contribution in [2.24, 2.45) is 9.98 Å². The predicted molar refractivity (Wildman–Crippen MR) is 164 cm³/mol. The van der Waals surface area contributed by atoms with Gasteiger partial charge in [-0.3, -0.25) is 19.2 Å². The van der Waals surface area contributed by atoms with E-state index in [4.69, 9.17) is 0 Å². The summed E-state index contributed by atoms with van der Waals surface area (Å²) in [6.07, 6.45) is 3.92. The number of hydrogen-bond acceptors (Lipinski definition) is 4. The first-order valence-corrected chi connectivity index (χ1v) is 14.5. The van der Waals surface area contributed by atoms with Crippen LogP contribution in [0.25, 0.3) is 0 Å². The van der Waals surface area contributed by atoms with Gasteiger partial charge in [0.05, 0.1) is 11.4 Å². The molecule has 0 atom stereocenters. The lowest BCUT2D eigenvalue weighted by Gasteiger charge is -2.07. The zero-order valence-corrected chi connectivity index (χ0v) is 25.4. The Bertz CT molecular complexity index is 1670. The van der Waals surface area contributed by atoms with Crippen molar-refractivity contribution in [3.05, 3.63) is 80.0 Å². The summed E-state index contributed by atoms with van der Waals surface area (Å²) in [4.78, 5) is 63.2. The van der Waals surface area contributed by atoms with E-state index in [-0.39, 0.29) is 24.7 Å². The molecule has 0 saturated carbocycles. The molecule has 10 nitrogen and oxygen atoms in total. The van der Waals surface area contributed by atoms with Crippen molar-refractivity contribution in [1.82, 2.24) is 9.97 Å². The van der Waals surface area contributed by atoms with Crippen molar-refractivity contribution in [3.8, 4) is 0 Å². The molecule has 10 heteroatoms. The Morgan fingerprint density at radius 1 is 0.744 bits per heavy atom. The fourth-order valence-electron chi connectivity index (χ4n) is 6.03. The standard InChI is InChI=1S/C33H38N4O6/c1-7-20-19(6)32(42)37-27(20)14-25-18(5)23(10-12-31(40)41)29(35-25)15-28-22(9-11-30(38)39)17(4)24(34-28)13-26-16(3)21(8-2)33(43)36-26/h7,34-35H,1,8-15H2,2-6H3,(H,38,39)(H,40,41). The van der Waals surface area contributed by atoms with Crippen LogP contribution < -0.4 is 0 Å². The Morgan fingerprint density at radius 3 is 1.67 bits per heavy atom. The van der Waals surface area contributed by atoms with Crippen LogP contribution in [0.2, 0.25) is 0 Å². The quantitative estimate of drug-likeness (QED) is 0.247. The van der Waals surface area contributed by atoms with Crippen LogP contribution in [0.3, 0.4) is 0 Å².